The number of pyridine rings is 3. The van der Waals surface area contributed by atoms with E-state index in [0.29, 0.717) is 6.54 Å². The van der Waals surface area contributed by atoms with Gasteiger partial charge in [0.1, 0.15) is 5.82 Å². The third kappa shape index (κ3) is 4.32. The van der Waals surface area contributed by atoms with Crippen LogP contribution < -0.4 is 5.32 Å². The minimum Gasteiger partial charge on any atom is -0.365 e. The Balaban J connectivity index is 1.35. The van der Waals surface area contributed by atoms with Gasteiger partial charge in [0.05, 0.1) is 5.69 Å². The average Bonchev–Trinajstić information content (AvgIpc) is 2.82. The Morgan fingerprint density at radius 3 is 2.47 bits per heavy atom. The van der Waals surface area contributed by atoms with Crippen LogP contribution in [0, 0.1) is 6.92 Å². The van der Waals surface area contributed by atoms with Crippen molar-refractivity contribution in [2.45, 2.75) is 13.5 Å². The predicted octanol–water partition coefficient (Wildman–Crippen LogP) is 6.93. The maximum atomic E-state index is 6.16. The normalized spacial score (nSPS) is 10.9. The van der Waals surface area contributed by atoms with E-state index in [4.69, 9.17) is 11.6 Å². The number of nitrogens with one attached hydrogen (secondary N) is 1. The topological polar surface area (TPSA) is 50.7 Å². The Morgan fingerprint density at radius 1 is 0.781 bits per heavy atom. The molecule has 0 radical (unpaired) electrons. The number of halogens is 1. The van der Waals surface area contributed by atoms with Crippen LogP contribution in [0.5, 0.6) is 0 Å². The van der Waals surface area contributed by atoms with E-state index in [-0.39, 0.29) is 0 Å². The molecule has 0 aliphatic rings. The third-order valence-electron chi connectivity index (χ3n) is 5.40. The van der Waals surface area contributed by atoms with E-state index >= 15 is 0 Å². The molecule has 0 fully saturated rings. The molecule has 32 heavy (non-hydrogen) atoms. The number of rotatable bonds is 5. The molecule has 2 aromatic carbocycles. The van der Waals surface area contributed by atoms with E-state index in [1.54, 1.807) is 0 Å². The van der Waals surface area contributed by atoms with E-state index in [9.17, 15) is 0 Å². The van der Waals surface area contributed by atoms with Crippen LogP contribution in [0.3, 0.4) is 0 Å². The first-order chi connectivity index (χ1) is 15.7. The number of nitrogens with zero attached hydrogens (tertiary/aromatic N) is 3. The maximum Gasteiger partial charge on any atom is 0.134 e. The van der Waals surface area contributed by atoms with Crippen molar-refractivity contribution in [3.05, 3.63) is 108 Å². The molecule has 3 heterocycles. The molecular formula is C27H21ClN4. The smallest absolute Gasteiger partial charge is 0.134 e. The molecule has 1 N–H and O–H groups in total. The number of fused-ring (bicyclic) bond motifs is 1. The van der Waals surface area contributed by atoms with Gasteiger partial charge in [0.25, 0.3) is 0 Å². The largest absolute Gasteiger partial charge is 0.365 e. The number of hydrogen-bond acceptors (Lipinski definition) is 4. The lowest BCUT2D eigenvalue weighted by atomic mass is 10.0. The Bertz CT molecular complexity index is 1400. The van der Waals surface area contributed by atoms with Crippen molar-refractivity contribution < 1.29 is 0 Å². The number of aryl methyl sites for hydroxylation is 1. The van der Waals surface area contributed by atoms with Gasteiger partial charge >= 0.3 is 0 Å². The van der Waals surface area contributed by atoms with Crippen molar-refractivity contribution in [3.8, 4) is 22.4 Å². The predicted molar refractivity (Wildman–Crippen MR) is 132 cm³/mol. The standard InChI is InChI=1S/C27H21ClN4/c1-18-13-23(10-11-29-18)26-8-5-19(16-31-26)17-32-27-25-7-6-21(14-22(25)9-12-30-27)20-3-2-4-24(28)15-20/h2-16H,17H2,1H3,(H,30,32). The monoisotopic (exact) mass is 436 g/mol. The molecule has 0 aliphatic heterocycles. The molecule has 0 saturated heterocycles. The van der Waals surface area contributed by atoms with Crippen LogP contribution in [-0.4, -0.2) is 15.0 Å². The van der Waals surface area contributed by atoms with Gasteiger partial charge in [-0.2, -0.15) is 0 Å². The van der Waals surface area contributed by atoms with Gasteiger partial charge in [-0.15, -0.1) is 0 Å². The summed E-state index contributed by atoms with van der Waals surface area (Å²) in [6, 6.07) is 24.5. The lowest BCUT2D eigenvalue weighted by Gasteiger charge is -2.11. The summed E-state index contributed by atoms with van der Waals surface area (Å²) >= 11 is 6.16. The van der Waals surface area contributed by atoms with Crippen LogP contribution >= 0.6 is 11.6 Å². The highest BCUT2D eigenvalue weighted by molar-refractivity contribution is 6.30. The van der Waals surface area contributed by atoms with E-state index in [1.807, 2.05) is 68.0 Å². The number of aromatic nitrogens is 3. The zero-order chi connectivity index (χ0) is 21.9. The summed E-state index contributed by atoms with van der Waals surface area (Å²) in [5, 5.41) is 6.40. The summed E-state index contributed by atoms with van der Waals surface area (Å²) in [5.41, 5.74) is 6.31. The summed E-state index contributed by atoms with van der Waals surface area (Å²) in [5.74, 6) is 0.856. The highest BCUT2D eigenvalue weighted by Gasteiger charge is 2.06. The fourth-order valence-electron chi connectivity index (χ4n) is 3.76. The Kier molecular flexibility index (Phi) is 5.53. The summed E-state index contributed by atoms with van der Waals surface area (Å²) in [6.07, 6.45) is 5.55. The molecule has 5 rings (SSSR count). The minimum absolute atomic E-state index is 0.644. The molecule has 156 valence electrons. The lowest BCUT2D eigenvalue weighted by Crippen LogP contribution is -2.02. The van der Waals surface area contributed by atoms with Crippen LogP contribution in [-0.2, 0) is 6.54 Å². The zero-order valence-electron chi connectivity index (χ0n) is 17.6. The second-order valence-electron chi connectivity index (χ2n) is 7.70. The van der Waals surface area contributed by atoms with Crippen LogP contribution in [0.2, 0.25) is 5.02 Å². The summed E-state index contributed by atoms with van der Waals surface area (Å²) < 4.78 is 0. The van der Waals surface area contributed by atoms with Gasteiger partial charge in [-0.05, 0) is 71.5 Å². The van der Waals surface area contributed by atoms with Crippen LogP contribution in [0.1, 0.15) is 11.3 Å². The van der Waals surface area contributed by atoms with Crippen LogP contribution in [0.25, 0.3) is 33.2 Å². The second kappa shape index (κ2) is 8.77. The van der Waals surface area contributed by atoms with Gasteiger partial charge in [-0.25, -0.2) is 4.98 Å². The first-order valence-corrected chi connectivity index (χ1v) is 10.8. The Hall–Kier alpha value is -3.76. The molecule has 0 spiro atoms. The molecular weight excluding hydrogens is 416 g/mol. The molecule has 0 aliphatic carbocycles. The van der Waals surface area contributed by atoms with E-state index in [0.717, 1.165) is 55.3 Å². The molecule has 0 atom stereocenters. The molecule has 3 aromatic heterocycles. The molecule has 0 amide bonds. The molecule has 0 unspecified atom stereocenters. The average molecular weight is 437 g/mol. The Morgan fingerprint density at radius 2 is 1.66 bits per heavy atom. The fourth-order valence-corrected chi connectivity index (χ4v) is 3.95. The highest BCUT2D eigenvalue weighted by atomic mass is 35.5. The van der Waals surface area contributed by atoms with E-state index < -0.39 is 0 Å². The van der Waals surface area contributed by atoms with Crippen molar-refractivity contribution in [2.24, 2.45) is 0 Å². The molecule has 5 aromatic rings. The Labute approximate surface area is 192 Å². The second-order valence-corrected chi connectivity index (χ2v) is 8.13. The molecule has 0 saturated carbocycles. The molecule has 4 nitrogen and oxygen atoms in total. The SMILES string of the molecule is Cc1cc(-c2ccc(CNc3nccc4cc(-c5cccc(Cl)c5)ccc34)cn2)ccn1. The van der Waals surface area contributed by atoms with Crippen molar-refractivity contribution in [1.29, 1.82) is 0 Å². The van der Waals surface area contributed by atoms with Crippen LogP contribution in [0.15, 0.2) is 91.4 Å². The van der Waals surface area contributed by atoms with Crippen molar-refractivity contribution in [3.63, 3.8) is 0 Å². The summed E-state index contributed by atoms with van der Waals surface area (Å²) in [6.45, 7) is 2.63. The van der Waals surface area contributed by atoms with Gasteiger partial charge in [-0.1, -0.05) is 41.9 Å². The fraction of sp³-hybridized carbons (Fsp3) is 0.0741. The summed E-state index contributed by atoms with van der Waals surface area (Å²) in [7, 11) is 0. The quantitative estimate of drug-likeness (QED) is 0.324. The van der Waals surface area contributed by atoms with E-state index in [1.165, 1.54) is 0 Å². The minimum atomic E-state index is 0.644. The van der Waals surface area contributed by atoms with Gasteiger partial charge in [0.15, 0.2) is 0 Å². The van der Waals surface area contributed by atoms with Crippen molar-refractivity contribution in [1.82, 2.24) is 15.0 Å². The number of hydrogen-bond donors (Lipinski definition) is 1. The summed E-state index contributed by atoms with van der Waals surface area (Å²) in [4.78, 5) is 13.4. The van der Waals surface area contributed by atoms with Crippen molar-refractivity contribution in [2.75, 3.05) is 5.32 Å². The maximum absolute atomic E-state index is 6.16. The first kappa shape index (κ1) is 20.2. The van der Waals surface area contributed by atoms with E-state index in [2.05, 4.69) is 50.6 Å². The van der Waals surface area contributed by atoms with Gasteiger partial charge < -0.3 is 5.32 Å². The zero-order valence-corrected chi connectivity index (χ0v) is 18.3. The number of anilines is 1. The lowest BCUT2D eigenvalue weighted by molar-refractivity contribution is 1.09. The molecule has 5 heteroatoms. The first-order valence-electron chi connectivity index (χ1n) is 10.4. The third-order valence-corrected chi connectivity index (χ3v) is 5.63. The van der Waals surface area contributed by atoms with Crippen molar-refractivity contribution >= 4 is 28.2 Å². The molecule has 0 bridgehead atoms. The van der Waals surface area contributed by atoms with Crippen LogP contribution in [0.4, 0.5) is 5.82 Å². The number of benzene rings is 2. The van der Waals surface area contributed by atoms with Gasteiger partial charge in [0.2, 0.25) is 0 Å². The van der Waals surface area contributed by atoms with Gasteiger partial charge in [0, 0.05) is 46.8 Å². The highest BCUT2D eigenvalue weighted by Crippen LogP contribution is 2.29. The van der Waals surface area contributed by atoms with Gasteiger partial charge in [-0.3, -0.25) is 9.97 Å².